The van der Waals surface area contributed by atoms with Crippen molar-refractivity contribution in [2.75, 3.05) is 14.2 Å². The van der Waals surface area contributed by atoms with Crippen LogP contribution in [0.2, 0.25) is 5.15 Å². The van der Waals surface area contributed by atoms with E-state index in [-0.39, 0.29) is 22.2 Å². The van der Waals surface area contributed by atoms with Gasteiger partial charge < -0.3 is 9.47 Å². The highest BCUT2D eigenvalue weighted by molar-refractivity contribution is 6.33. The number of nitrogens with zero attached hydrogens (tertiary/aromatic N) is 2. The van der Waals surface area contributed by atoms with E-state index in [1.807, 2.05) is 0 Å². The molecular formula is C19H14Cl2F2N2O2. The van der Waals surface area contributed by atoms with Gasteiger partial charge in [0.1, 0.15) is 23.1 Å². The number of alkyl halides is 1. The number of ether oxygens (including phenoxy) is 2. The van der Waals surface area contributed by atoms with Gasteiger partial charge in [0.25, 0.3) is 0 Å². The third-order valence-electron chi connectivity index (χ3n) is 3.98. The molecule has 0 aliphatic rings. The van der Waals surface area contributed by atoms with Gasteiger partial charge in [0.15, 0.2) is 5.15 Å². The molecule has 0 saturated heterocycles. The van der Waals surface area contributed by atoms with Crippen molar-refractivity contribution in [3.8, 4) is 33.8 Å². The van der Waals surface area contributed by atoms with Crippen molar-refractivity contribution in [2.24, 2.45) is 0 Å². The summed E-state index contributed by atoms with van der Waals surface area (Å²) in [4.78, 5) is 0. The van der Waals surface area contributed by atoms with Gasteiger partial charge in [-0.1, -0.05) is 17.7 Å². The molecule has 0 aliphatic carbocycles. The van der Waals surface area contributed by atoms with Crippen LogP contribution in [0.25, 0.3) is 22.3 Å². The Labute approximate surface area is 164 Å². The fourth-order valence-electron chi connectivity index (χ4n) is 2.77. The van der Waals surface area contributed by atoms with Gasteiger partial charge in [-0.05, 0) is 29.8 Å². The van der Waals surface area contributed by atoms with E-state index < -0.39 is 11.6 Å². The number of aromatic nitrogens is 2. The van der Waals surface area contributed by atoms with Crippen LogP contribution in [-0.2, 0) is 5.88 Å². The molecule has 0 unspecified atom stereocenters. The highest BCUT2D eigenvalue weighted by atomic mass is 35.5. The van der Waals surface area contributed by atoms with E-state index in [1.54, 1.807) is 18.2 Å². The molecule has 0 aliphatic heterocycles. The first-order chi connectivity index (χ1) is 13.0. The van der Waals surface area contributed by atoms with Gasteiger partial charge >= 0.3 is 0 Å². The summed E-state index contributed by atoms with van der Waals surface area (Å²) in [6, 6.07) is 8.58. The Bertz CT molecular complexity index is 957. The molecule has 2 aromatic carbocycles. The average molecular weight is 411 g/mol. The lowest BCUT2D eigenvalue weighted by molar-refractivity contribution is 0.394. The fourth-order valence-corrected chi connectivity index (χ4v) is 3.19. The quantitative estimate of drug-likeness (QED) is 0.521. The first kappa shape index (κ1) is 19.3. The molecule has 3 aromatic rings. The molecule has 0 spiro atoms. The molecule has 1 heterocycles. The van der Waals surface area contributed by atoms with Crippen LogP contribution < -0.4 is 9.47 Å². The largest absolute Gasteiger partial charge is 0.497 e. The van der Waals surface area contributed by atoms with Gasteiger partial charge in [-0.15, -0.1) is 16.7 Å². The SMILES string of the molecule is COc1cc(OC)cc(-c2c(CCl)nnc(Cl)c2-c2c(F)cccc2F)c1. The van der Waals surface area contributed by atoms with E-state index in [4.69, 9.17) is 32.7 Å². The molecule has 0 N–H and O–H groups in total. The van der Waals surface area contributed by atoms with Crippen LogP contribution in [0.4, 0.5) is 8.78 Å². The standard InChI is InChI=1S/C19H14Cl2F2N2O2/c1-26-11-6-10(7-12(8-11)27-2)16-15(9-20)24-25-19(21)18(16)17-13(22)4-3-5-14(17)23/h3-8H,9H2,1-2H3. The summed E-state index contributed by atoms with van der Waals surface area (Å²) in [5.74, 6) is -0.624. The van der Waals surface area contributed by atoms with Crippen LogP contribution in [-0.4, -0.2) is 24.4 Å². The number of hydrogen-bond acceptors (Lipinski definition) is 4. The molecular weight excluding hydrogens is 397 g/mol. The molecule has 140 valence electrons. The molecule has 0 bridgehead atoms. The van der Waals surface area contributed by atoms with E-state index in [0.717, 1.165) is 12.1 Å². The molecule has 27 heavy (non-hydrogen) atoms. The third-order valence-corrected chi connectivity index (χ3v) is 4.50. The smallest absolute Gasteiger partial charge is 0.160 e. The molecule has 4 nitrogen and oxygen atoms in total. The summed E-state index contributed by atoms with van der Waals surface area (Å²) in [6.07, 6.45) is 0. The van der Waals surface area contributed by atoms with E-state index in [1.165, 1.54) is 20.3 Å². The maximum absolute atomic E-state index is 14.5. The van der Waals surface area contributed by atoms with Crippen LogP contribution in [0.5, 0.6) is 11.5 Å². The van der Waals surface area contributed by atoms with E-state index >= 15 is 0 Å². The zero-order valence-corrected chi connectivity index (χ0v) is 15.9. The molecule has 0 fully saturated rings. The Hall–Kier alpha value is -2.44. The van der Waals surface area contributed by atoms with Crippen LogP contribution in [0, 0.1) is 11.6 Å². The van der Waals surface area contributed by atoms with Crippen molar-refractivity contribution >= 4 is 23.2 Å². The highest BCUT2D eigenvalue weighted by Gasteiger charge is 2.24. The van der Waals surface area contributed by atoms with E-state index in [9.17, 15) is 8.78 Å². The van der Waals surface area contributed by atoms with Gasteiger partial charge in [0.2, 0.25) is 0 Å². The van der Waals surface area contributed by atoms with Crippen LogP contribution >= 0.6 is 23.2 Å². The van der Waals surface area contributed by atoms with Gasteiger partial charge in [0.05, 0.1) is 31.4 Å². The Balaban J connectivity index is 2.42. The summed E-state index contributed by atoms with van der Waals surface area (Å²) in [5.41, 5.74) is 0.949. The zero-order valence-electron chi connectivity index (χ0n) is 14.4. The number of methoxy groups -OCH3 is 2. The Morgan fingerprint density at radius 1 is 0.889 bits per heavy atom. The predicted octanol–water partition coefficient (Wildman–Crippen LogP) is 5.50. The lowest BCUT2D eigenvalue weighted by atomic mass is 9.94. The van der Waals surface area contributed by atoms with Crippen LogP contribution in [0.15, 0.2) is 36.4 Å². The zero-order chi connectivity index (χ0) is 19.6. The summed E-state index contributed by atoms with van der Waals surface area (Å²) in [6.45, 7) is 0. The minimum absolute atomic E-state index is 0.0396. The summed E-state index contributed by atoms with van der Waals surface area (Å²) >= 11 is 12.2. The van der Waals surface area contributed by atoms with Gasteiger partial charge in [-0.25, -0.2) is 8.78 Å². The Morgan fingerprint density at radius 2 is 1.48 bits per heavy atom. The molecule has 0 amide bonds. The topological polar surface area (TPSA) is 44.2 Å². The summed E-state index contributed by atoms with van der Waals surface area (Å²) in [5, 5.41) is 7.66. The number of benzene rings is 2. The predicted molar refractivity (Wildman–Crippen MR) is 100 cm³/mol. The second kappa shape index (κ2) is 8.06. The van der Waals surface area contributed by atoms with Crippen molar-refractivity contribution in [1.29, 1.82) is 0 Å². The average Bonchev–Trinajstić information content (AvgIpc) is 2.68. The Kier molecular flexibility index (Phi) is 5.77. The number of rotatable bonds is 5. The van der Waals surface area contributed by atoms with Crippen LogP contribution in [0.3, 0.4) is 0 Å². The minimum Gasteiger partial charge on any atom is -0.497 e. The second-order valence-electron chi connectivity index (χ2n) is 5.52. The lowest BCUT2D eigenvalue weighted by Crippen LogP contribution is -2.02. The van der Waals surface area contributed by atoms with Crippen molar-refractivity contribution in [1.82, 2.24) is 10.2 Å². The van der Waals surface area contributed by atoms with Gasteiger partial charge in [0, 0.05) is 17.2 Å². The molecule has 1 aromatic heterocycles. The molecule has 0 saturated carbocycles. The van der Waals surface area contributed by atoms with Crippen molar-refractivity contribution in [2.45, 2.75) is 5.88 Å². The Morgan fingerprint density at radius 3 is 2.00 bits per heavy atom. The highest BCUT2D eigenvalue weighted by Crippen LogP contribution is 2.42. The lowest BCUT2D eigenvalue weighted by Gasteiger charge is -2.17. The summed E-state index contributed by atoms with van der Waals surface area (Å²) in [7, 11) is 2.99. The first-order valence-electron chi connectivity index (χ1n) is 7.79. The number of halogens is 4. The molecule has 3 rings (SSSR count). The monoisotopic (exact) mass is 410 g/mol. The maximum atomic E-state index is 14.5. The molecule has 8 heteroatoms. The summed E-state index contributed by atoms with van der Waals surface area (Å²) < 4.78 is 39.6. The maximum Gasteiger partial charge on any atom is 0.160 e. The minimum atomic E-state index is -0.776. The van der Waals surface area contributed by atoms with Gasteiger partial charge in [-0.3, -0.25) is 0 Å². The van der Waals surface area contributed by atoms with Crippen molar-refractivity contribution < 1.29 is 18.3 Å². The van der Waals surface area contributed by atoms with E-state index in [2.05, 4.69) is 10.2 Å². The van der Waals surface area contributed by atoms with Crippen molar-refractivity contribution in [3.05, 3.63) is 58.9 Å². The fraction of sp³-hybridized carbons (Fsp3) is 0.158. The number of hydrogen-bond donors (Lipinski definition) is 0. The van der Waals surface area contributed by atoms with Crippen LogP contribution in [0.1, 0.15) is 5.69 Å². The molecule has 0 atom stereocenters. The third kappa shape index (κ3) is 3.68. The van der Waals surface area contributed by atoms with Gasteiger partial charge in [-0.2, -0.15) is 5.10 Å². The first-order valence-corrected chi connectivity index (χ1v) is 8.70. The second-order valence-corrected chi connectivity index (χ2v) is 6.14. The van der Waals surface area contributed by atoms with E-state index in [0.29, 0.717) is 28.3 Å². The molecule has 0 radical (unpaired) electrons. The normalized spacial score (nSPS) is 10.7. The van der Waals surface area contributed by atoms with Crippen molar-refractivity contribution in [3.63, 3.8) is 0 Å².